The van der Waals surface area contributed by atoms with E-state index >= 15 is 0 Å². The van der Waals surface area contributed by atoms with Gasteiger partial charge in [0.1, 0.15) is 5.75 Å². The summed E-state index contributed by atoms with van der Waals surface area (Å²) in [6.45, 7) is 9.38. The van der Waals surface area contributed by atoms with E-state index in [-0.39, 0.29) is 7.43 Å². The topological polar surface area (TPSA) is 51.0 Å². The molecular weight excluding hydrogens is 394 g/mol. The van der Waals surface area contributed by atoms with Crippen LogP contribution in [0.3, 0.4) is 0 Å². The molecule has 0 unspecified atom stereocenters. The molecule has 3 rings (SSSR count). The molecule has 6 heteroatoms. The number of para-hydroxylation sites is 1. The van der Waals surface area contributed by atoms with Gasteiger partial charge in [-0.15, -0.1) is 0 Å². The highest BCUT2D eigenvalue weighted by atomic mass is 32.2. The first-order valence-corrected chi connectivity index (χ1v) is 11.3. The summed E-state index contributed by atoms with van der Waals surface area (Å²) in [5.74, 6) is 0.910. The second-order valence-corrected chi connectivity index (χ2v) is 7.63. The maximum atomic E-state index is 5.69. The van der Waals surface area contributed by atoms with Gasteiger partial charge in [-0.2, -0.15) is 0 Å². The molecule has 0 spiro atoms. The zero-order chi connectivity index (χ0) is 20.7. The lowest BCUT2D eigenvalue weighted by atomic mass is 10.2. The molecule has 5 nitrogen and oxygen atoms in total. The van der Waals surface area contributed by atoms with Gasteiger partial charge >= 0.3 is 0 Å². The molecular formula is C24H39N3O2S. The Bertz CT molecular complexity index is 667. The van der Waals surface area contributed by atoms with Crippen molar-refractivity contribution in [2.45, 2.75) is 32.1 Å². The standard InChI is InChI=1S/C16H27N3OS.C7H8O.CH4/c1-2-3-7-19(9-8-18-10-12-20-13-11-18)15-5-4-6-16(14-15)21-17;1-8-7-5-3-2-4-6-7;/h4-6,14H,2-3,7-13,17H2,1H3;2-6H,1H3;1H4. The summed E-state index contributed by atoms with van der Waals surface area (Å²) >= 11 is 1.32. The molecule has 2 N–H and O–H groups in total. The van der Waals surface area contributed by atoms with Crippen molar-refractivity contribution in [3.63, 3.8) is 0 Å². The van der Waals surface area contributed by atoms with Crippen LogP contribution < -0.4 is 14.8 Å². The number of morpholine rings is 1. The molecule has 0 aliphatic carbocycles. The van der Waals surface area contributed by atoms with Crippen molar-refractivity contribution in [3.8, 4) is 5.75 Å². The van der Waals surface area contributed by atoms with E-state index in [1.807, 2.05) is 30.3 Å². The minimum absolute atomic E-state index is 0. The molecule has 2 aromatic rings. The van der Waals surface area contributed by atoms with Gasteiger partial charge in [0.25, 0.3) is 0 Å². The van der Waals surface area contributed by atoms with Crippen LogP contribution in [0, 0.1) is 0 Å². The van der Waals surface area contributed by atoms with Crippen LogP contribution in [-0.2, 0) is 4.74 Å². The van der Waals surface area contributed by atoms with Gasteiger partial charge in [-0.1, -0.05) is 45.0 Å². The fourth-order valence-electron chi connectivity index (χ4n) is 3.12. The zero-order valence-corrected chi connectivity index (χ0v) is 18.6. The number of nitrogens with zero attached hydrogens (tertiary/aromatic N) is 2. The largest absolute Gasteiger partial charge is 0.497 e. The Balaban J connectivity index is 0.000000421. The second kappa shape index (κ2) is 16.0. The van der Waals surface area contributed by atoms with E-state index in [1.165, 1.54) is 30.5 Å². The molecule has 0 bridgehead atoms. The predicted molar refractivity (Wildman–Crippen MR) is 131 cm³/mol. The third kappa shape index (κ3) is 9.85. The molecule has 1 fully saturated rings. The quantitative estimate of drug-likeness (QED) is 0.566. The highest BCUT2D eigenvalue weighted by molar-refractivity contribution is 7.97. The van der Waals surface area contributed by atoms with Gasteiger partial charge in [0, 0.05) is 43.3 Å². The number of hydrogen-bond donors (Lipinski definition) is 1. The second-order valence-electron chi connectivity index (χ2n) is 6.93. The number of methoxy groups -OCH3 is 1. The number of unbranched alkanes of at least 4 members (excludes halogenated alkanes) is 1. The summed E-state index contributed by atoms with van der Waals surface area (Å²) in [6, 6.07) is 18.2. The maximum absolute atomic E-state index is 5.69. The van der Waals surface area contributed by atoms with Crippen molar-refractivity contribution >= 4 is 17.6 Å². The lowest BCUT2D eigenvalue weighted by molar-refractivity contribution is 0.0391. The average molecular weight is 434 g/mol. The number of ether oxygens (including phenoxy) is 2. The molecule has 1 saturated heterocycles. The Morgan fingerprint density at radius 3 is 2.40 bits per heavy atom. The highest BCUT2D eigenvalue weighted by Gasteiger charge is 2.13. The lowest BCUT2D eigenvalue weighted by Crippen LogP contribution is -2.41. The SMILES string of the molecule is C.CCCCN(CCN1CCOCC1)c1cccc(SN)c1.COc1ccccc1. The summed E-state index contributed by atoms with van der Waals surface area (Å²) in [7, 11) is 1.66. The fraction of sp³-hybridized carbons (Fsp3) is 0.500. The number of anilines is 1. The van der Waals surface area contributed by atoms with E-state index in [0.29, 0.717) is 0 Å². The van der Waals surface area contributed by atoms with Gasteiger partial charge in [0.2, 0.25) is 0 Å². The molecule has 1 heterocycles. The molecule has 30 heavy (non-hydrogen) atoms. The molecule has 0 radical (unpaired) electrons. The summed E-state index contributed by atoms with van der Waals surface area (Å²) in [5, 5.41) is 5.69. The molecule has 168 valence electrons. The Hall–Kier alpha value is -1.73. The normalized spacial score (nSPS) is 13.6. The van der Waals surface area contributed by atoms with Crippen LogP contribution in [0.5, 0.6) is 5.75 Å². The van der Waals surface area contributed by atoms with Crippen molar-refractivity contribution in [2.24, 2.45) is 5.14 Å². The van der Waals surface area contributed by atoms with Crippen molar-refractivity contribution < 1.29 is 9.47 Å². The number of nitrogens with two attached hydrogens (primary N) is 1. The molecule has 0 amide bonds. The Kier molecular flexibility index (Phi) is 14.1. The number of benzene rings is 2. The average Bonchev–Trinajstić information content (AvgIpc) is 2.81. The Labute approximate surface area is 187 Å². The van der Waals surface area contributed by atoms with Gasteiger partial charge in [-0.05, 0) is 48.7 Å². The zero-order valence-electron chi connectivity index (χ0n) is 17.8. The number of rotatable bonds is 9. The van der Waals surface area contributed by atoms with Crippen LogP contribution in [-0.4, -0.2) is 57.9 Å². The predicted octanol–water partition coefficient (Wildman–Crippen LogP) is 4.92. The van der Waals surface area contributed by atoms with Crippen LogP contribution in [0.15, 0.2) is 59.5 Å². The minimum Gasteiger partial charge on any atom is -0.497 e. The van der Waals surface area contributed by atoms with Crippen molar-refractivity contribution in [3.05, 3.63) is 54.6 Å². The van der Waals surface area contributed by atoms with Crippen LogP contribution >= 0.6 is 11.9 Å². The molecule has 1 aliphatic heterocycles. The van der Waals surface area contributed by atoms with E-state index in [4.69, 9.17) is 14.6 Å². The molecule has 1 aliphatic rings. The minimum atomic E-state index is 0. The van der Waals surface area contributed by atoms with Crippen LogP contribution in [0.1, 0.15) is 27.2 Å². The van der Waals surface area contributed by atoms with Gasteiger partial charge in [-0.25, -0.2) is 0 Å². The van der Waals surface area contributed by atoms with Crippen LogP contribution in [0.4, 0.5) is 5.69 Å². The molecule has 2 aromatic carbocycles. The third-order valence-corrected chi connectivity index (χ3v) is 5.40. The summed E-state index contributed by atoms with van der Waals surface area (Å²) in [5.41, 5.74) is 1.28. The first-order valence-electron chi connectivity index (χ1n) is 10.4. The maximum Gasteiger partial charge on any atom is 0.118 e. The van der Waals surface area contributed by atoms with Gasteiger partial charge in [0.15, 0.2) is 0 Å². The van der Waals surface area contributed by atoms with E-state index < -0.39 is 0 Å². The first kappa shape index (κ1) is 26.3. The van der Waals surface area contributed by atoms with E-state index in [0.717, 1.165) is 56.6 Å². The van der Waals surface area contributed by atoms with Crippen molar-refractivity contribution in [2.75, 3.05) is 57.9 Å². The van der Waals surface area contributed by atoms with Gasteiger partial charge in [-0.3, -0.25) is 10.0 Å². The fourth-order valence-corrected chi connectivity index (χ4v) is 3.46. The third-order valence-electron chi connectivity index (χ3n) is 4.87. The lowest BCUT2D eigenvalue weighted by Gasteiger charge is -2.31. The van der Waals surface area contributed by atoms with E-state index in [2.05, 4.69) is 41.0 Å². The molecule has 0 saturated carbocycles. The van der Waals surface area contributed by atoms with E-state index in [1.54, 1.807) is 7.11 Å². The summed E-state index contributed by atoms with van der Waals surface area (Å²) in [4.78, 5) is 6.10. The summed E-state index contributed by atoms with van der Waals surface area (Å²) < 4.78 is 10.3. The monoisotopic (exact) mass is 433 g/mol. The Morgan fingerprint density at radius 2 is 1.80 bits per heavy atom. The van der Waals surface area contributed by atoms with Gasteiger partial charge in [0.05, 0.1) is 20.3 Å². The van der Waals surface area contributed by atoms with Gasteiger partial charge < -0.3 is 14.4 Å². The van der Waals surface area contributed by atoms with Crippen molar-refractivity contribution in [1.29, 1.82) is 0 Å². The van der Waals surface area contributed by atoms with Crippen molar-refractivity contribution in [1.82, 2.24) is 4.90 Å². The highest BCUT2D eigenvalue weighted by Crippen LogP contribution is 2.21. The first-order chi connectivity index (χ1) is 14.3. The van der Waals surface area contributed by atoms with E-state index in [9.17, 15) is 0 Å². The Morgan fingerprint density at radius 1 is 1.07 bits per heavy atom. The van der Waals surface area contributed by atoms with Crippen LogP contribution in [0.2, 0.25) is 0 Å². The molecule has 0 aromatic heterocycles. The smallest absolute Gasteiger partial charge is 0.118 e. The molecule has 0 atom stereocenters. The summed E-state index contributed by atoms with van der Waals surface area (Å²) in [6.07, 6.45) is 2.45. The van der Waals surface area contributed by atoms with Crippen LogP contribution in [0.25, 0.3) is 0 Å². The number of hydrogen-bond acceptors (Lipinski definition) is 6.